The maximum atomic E-state index is 12.0. The highest BCUT2D eigenvalue weighted by Crippen LogP contribution is 2.32. The second kappa shape index (κ2) is 18.8. The van der Waals surface area contributed by atoms with E-state index >= 15 is 0 Å². The van der Waals surface area contributed by atoms with Crippen LogP contribution in [0.25, 0.3) is 22.3 Å². The van der Waals surface area contributed by atoms with Gasteiger partial charge in [0.05, 0.1) is 12.2 Å². The van der Waals surface area contributed by atoms with Gasteiger partial charge in [-0.1, -0.05) is 108 Å². The molecule has 0 bridgehead atoms. The zero-order valence-corrected chi connectivity index (χ0v) is 25.6. The lowest BCUT2D eigenvalue weighted by molar-refractivity contribution is -0.439. The number of hydrogen-bond acceptors (Lipinski definition) is 7. The van der Waals surface area contributed by atoms with Crippen LogP contribution in [0.15, 0.2) is 72.8 Å². The Balaban J connectivity index is 1.78. The molecule has 0 fully saturated rings. The Morgan fingerprint density at radius 3 is 1.53 bits per heavy atom. The van der Waals surface area contributed by atoms with E-state index in [1.54, 1.807) is 0 Å². The van der Waals surface area contributed by atoms with Gasteiger partial charge in [-0.3, -0.25) is 4.89 Å². The second-order valence-corrected chi connectivity index (χ2v) is 10.9. The third kappa shape index (κ3) is 10.8. The zero-order chi connectivity index (χ0) is 30.9. The fraction of sp³-hybridized carbons (Fsp3) is 0.417. The Kier molecular flexibility index (Phi) is 14.8. The highest BCUT2D eigenvalue weighted by molar-refractivity contribution is 5.87. The van der Waals surface area contributed by atoms with E-state index in [2.05, 4.69) is 61.9 Å². The van der Waals surface area contributed by atoms with Gasteiger partial charge in [0.15, 0.2) is 11.5 Å². The van der Waals surface area contributed by atoms with Crippen LogP contribution in [0, 0.1) is 0 Å². The molecule has 0 aliphatic rings. The average Bonchev–Trinajstić information content (AvgIpc) is 3.04. The molecule has 0 atom stereocenters. The molecule has 2 N–H and O–H groups in total. The minimum atomic E-state index is -0.792. The minimum absolute atomic E-state index is 0.0687. The molecule has 7 nitrogen and oxygen atoms in total. The van der Waals surface area contributed by atoms with Gasteiger partial charge < -0.3 is 9.99 Å². The number of rotatable bonds is 20. The first kappa shape index (κ1) is 33.8. The topological polar surface area (TPSA) is 94.5 Å². The van der Waals surface area contributed by atoms with Crippen molar-refractivity contribution in [2.75, 3.05) is 6.61 Å². The van der Waals surface area contributed by atoms with Crippen LogP contribution in [0.2, 0.25) is 0 Å². The summed E-state index contributed by atoms with van der Waals surface area (Å²) < 4.78 is 0. The third-order valence-electron chi connectivity index (χ3n) is 7.59. The van der Waals surface area contributed by atoms with Gasteiger partial charge in [-0.05, 0) is 82.8 Å². The van der Waals surface area contributed by atoms with E-state index in [0.717, 1.165) is 71.9 Å². The van der Waals surface area contributed by atoms with E-state index in [9.17, 15) is 4.79 Å². The largest absolute Gasteiger partial charge is 0.391 e. The molecule has 0 saturated carbocycles. The van der Waals surface area contributed by atoms with Gasteiger partial charge in [-0.25, -0.2) is 14.9 Å². The van der Waals surface area contributed by atoms with Gasteiger partial charge in [0.2, 0.25) is 0 Å². The Hall–Kier alpha value is -3.65. The fourth-order valence-electron chi connectivity index (χ4n) is 5.01. The Morgan fingerprint density at radius 1 is 0.651 bits per heavy atom. The Morgan fingerprint density at radius 2 is 1.09 bits per heavy atom. The molecule has 3 rings (SSSR count). The summed E-state index contributed by atoms with van der Waals surface area (Å²) in [7, 11) is 0. The van der Waals surface area contributed by atoms with Crippen molar-refractivity contribution in [3.8, 4) is 33.8 Å². The van der Waals surface area contributed by atoms with Crippen molar-refractivity contribution in [1.82, 2.24) is 0 Å². The van der Waals surface area contributed by atoms with Crippen molar-refractivity contribution in [3.63, 3.8) is 0 Å². The smallest absolute Gasteiger partial charge is 0.383 e. The molecule has 0 aromatic heterocycles. The normalized spacial score (nSPS) is 10.9. The molecule has 0 radical (unpaired) electrons. The van der Waals surface area contributed by atoms with Crippen LogP contribution >= 0.6 is 0 Å². The van der Waals surface area contributed by atoms with Gasteiger partial charge in [-0.2, -0.15) is 0 Å². The second-order valence-electron chi connectivity index (χ2n) is 10.9. The summed E-state index contributed by atoms with van der Waals surface area (Å²) in [6.45, 7) is 7.39. The summed E-state index contributed by atoms with van der Waals surface area (Å²) in [6, 6.07) is 20.1. The summed E-state index contributed by atoms with van der Waals surface area (Å²) in [5.74, 6) is 0.208. The predicted octanol–water partition coefficient (Wildman–Crippen LogP) is 9.22. The standard InChI is InChI=1S/C36H46O7/c1-4-6-8-10-12-14-32-24-30(20-22-34(32)40-42-36(38)27(3)26-37)28-16-18-29(19-17-28)31-21-23-35(41-43-39)33(25-31)15-13-11-9-7-5-2/h16-25,37,39H,3-15,26H2,1-2H3. The molecule has 7 heteroatoms. The van der Waals surface area contributed by atoms with Gasteiger partial charge in [0.1, 0.15) is 0 Å². The molecule has 0 amide bonds. The molecule has 0 saturated heterocycles. The quantitative estimate of drug-likeness (QED) is 0.0586. The monoisotopic (exact) mass is 590 g/mol. The van der Waals surface area contributed by atoms with Crippen molar-refractivity contribution in [3.05, 3.63) is 83.9 Å². The van der Waals surface area contributed by atoms with Gasteiger partial charge in [0, 0.05) is 5.56 Å². The maximum Gasteiger partial charge on any atom is 0.383 e. The van der Waals surface area contributed by atoms with Crippen LogP contribution in [0.3, 0.4) is 0 Å². The summed E-state index contributed by atoms with van der Waals surface area (Å²) in [6.07, 6.45) is 13.2. The highest BCUT2D eigenvalue weighted by Gasteiger charge is 2.14. The van der Waals surface area contributed by atoms with Crippen LogP contribution in [-0.2, 0) is 27.6 Å². The maximum absolute atomic E-state index is 12.0. The van der Waals surface area contributed by atoms with Crippen molar-refractivity contribution in [1.29, 1.82) is 0 Å². The van der Waals surface area contributed by atoms with Gasteiger partial charge in [-0.15, -0.1) is 0 Å². The van der Waals surface area contributed by atoms with E-state index in [-0.39, 0.29) is 5.57 Å². The van der Waals surface area contributed by atoms with Crippen LogP contribution in [0.4, 0.5) is 0 Å². The number of carbonyl (C=O) groups is 1. The first-order chi connectivity index (χ1) is 21.0. The number of aliphatic hydroxyl groups excluding tert-OH is 1. The summed E-state index contributed by atoms with van der Waals surface area (Å²) >= 11 is 0. The molecule has 232 valence electrons. The molecule has 0 aliphatic heterocycles. The number of hydrogen-bond donors (Lipinski definition) is 2. The highest BCUT2D eigenvalue weighted by atomic mass is 17.5. The van der Waals surface area contributed by atoms with Crippen LogP contribution < -0.4 is 9.78 Å². The number of benzene rings is 3. The van der Waals surface area contributed by atoms with Crippen LogP contribution in [0.1, 0.15) is 89.2 Å². The molecule has 0 unspecified atom stereocenters. The lowest BCUT2D eigenvalue weighted by Gasteiger charge is -2.13. The minimum Gasteiger partial charge on any atom is -0.391 e. The average molecular weight is 591 g/mol. The summed E-state index contributed by atoms with van der Waals surface area (Å²) in [4.78, 5) is 27.3. The van der Waals surface area contributed by atoms with E-state index in [1.165, 1.54) is 38.5 Å². The number of aryl methyl sites for hydroxylation is 2. The SMILES string of the molecule is C=C(CO)C(=O)OOc1ccc(-c2ccc(-c3ccc(OOO)c(CCCCCCC)c3)cc2)cc1CCCCCCC. The first-order valence-electron chi connectivity index (χ1n) is 15.5. The van der Waals surface area contributed by atoms with Crippen molar-refractivity contribution in [2.45, 2.75) is 90.9 Å². The van der Waals surface area contributed by atoms with Crippen LogP contribution in [0.5, 0.6) is 11.5 Å². The van der Waals surface area contributed by atoms with Crippen molar-refractivity contribution < 1.29 is 34.9 Å². The molecule has 3 aromatic carbocycles. The summed E-state index contributed by atoms with van der Waals surface area (Å²) in [5.41, 5.74) is 6.09. The van der Waals surface area contributed by atoms with E-state index in [1.807, 2.05) is 24.3 Å². The third-order valence-corrected chi connectivity index (χ3v) is 7.59. The first-order valence-corrected chi connectivity index (χ1v) is 15.5. The van der Waals surface area contributed by atoms with E-state index in [4.69, 9.17) is 25.0 Å². The number of aliphatic hydroxyl groups is 1. The lowest BCUT2D eigenvalue weighted by atomic mass is 9.95. The van der Waals surface area contributed by atoms with Gasteiger partial charge in [0.25, 0.3) is 0 Å². The molecule has 0 heterocycles. The Labute approximate surface area is 255 Å². The van der Waals surface area contributed by atoms with Crippen molar-refractivity contribution >= 4 is 5.97 Å². The van der Waals surface area contributed by atoms with E-state index in [0.29, 0.717) is 11.5 Å². The Bertz CT molecular complexity index is 1280. The number of unbranched alkanes of at least 4 members (excludes halogenated alkanes) is 8. The van der Waals surface area contributed by atoms with Crippen molar-refractivity contribution in [2.24, 2.45) is 0 Å². The molecular weight excluding hydrogens is 544 g/mol. The van der Waals surface area contributed by atoms with Crippen LogP contribution in [-0.4, -0.2) is 22.9 Å². The lowest BCUT2D eigenvalue weighted by Crippen LogP contribution is -2.13. The zero-order valence-electron chi connectivity index (χ0n) is 25.6. The molecule has 3 aromatic rings. The fourth-order valence-corrected chi connectivity index (χ4v) is 5.01. The molecule has 0 spiro atoms. The van der Waals surface area contributed by atoms with Gasteiger partial charge >= 0.3 is 5.97 Å². The van der Waals surface area contributed by atoms with E-state index < -0.39 is 12.6 Å². The molecule has 0 aliphatic carbocycles. The predicted molar refractivity (Wildman–Crippen MR) is 170 cm³/mol. The summed E-state index contributed by atoms with van der Waals surface area (Å²) in [5, 5.41) is 22.0. The molecule has 43 heavy (non-hydrogen) atoms. The number of carbonyl (C=O) groups excluding carboxylic acids is 1. The molecular formula is C36H46O7.